The van der Waals surface area contributed by atoms with E-state index < -0.39 is 11.2 Å². The molecule has 190 valence electrons. The van der Waals surface area contributed by atoms with E-state index in [1.54, 1.807) is 6.07 Å². The SMILES string of the molecule is Cc1cccc(NC(=O)CSCC(=O)N(CC(C)C)c2c(N)n(Cc3ccccc3)c(=O)[nH]c2=O)c1. The fourth-order valence-corrected chi connectivity index (χ4v) is 4.36. The topological polar surface area (TPSA) is 130 Å². The third kappa shape index (κ3) is 7.11. The number of hydrogen-bond acceptors (Lipinski definition) is 6. The highest BCUT2D eigenvalue weighted by Gasteiger charge is 2.25. The number of benzene rings is 2. The van der Waals surface area contributed by atoms with Crippen LogP contribution in [0, 0.1) is 12.8 Å². The molecule has 0 bridgehead atoms. The number of nitrogens with one attached hydrogen (secondary N) is 2. The Morgan fingerprint density at radius 3 is 2.47 bits per heavy atom. The van der Waals surface area contributed by atoms with Gasteiger partial charge >= 0.3 is 5.69 Å². The Kier molecular flexibility index (Phi) is 9.13. The summed E-state index contributed by atoms with van der Waals surface area (Å²) in [5, 5.41) is 2.81. The molecule has 0 atom stereocenters. The normalized spacial score (nSPS) is 10.9. The summed E-state index contributed by atoms with van der Waals surface area (Å²) in [7, 11) is 0. The average molecular weight is 510 g/mol. The number of aromatic amines is 1. The molecule has 0 radical (unpaired) electrons. The molecule has 0 saturated carbocycles. The van der Waals surface area contributed by atoms with Crippen LogP contribution in [-0.2, 0) is 16.1 Å². The minimum absolute atomic E-state index is 0.0249. The molecule has 0 fully saturated rings. The summed E-state index contributed by atoms with van der Waals surface area (Å²) >= 11 is 1.14. The zero-order chi connectivity index (χ0) is 26.2. The Morgan fingerprint density at radius 2 is 1.81 bits per heavy atom. The molecule has 2 aromatic carbocycles. The minimum atomic E-state index is -0.724. The highest BCUT2D eigenvalue weighted by atomic mass is 32.2. The molecule has 4 N–H and O–H groups in total. The first-order chi connectivity index (χ1) is 17.2. The van der Waals surface area contributed by atoms with Crippen molar-refractivity contribution in [1.82, 2.24) is 9.55 Å². The van der Waals surface area contributed by atoms with Crippen LogP contribution in [0.15, 0.2) is 64.2 Å². The number of nitrogens with zero attached hydrogens (tertiary/aromatic N) is 2. The molecule has 2 amide bonds. The Balaban J connectivity index is 1.77. The summed E-state index contributed by atoms with van der Waals surface area (Å²) in [6, 6.07) is 16.7. The predicted octanol–water partition coefficient (Wildman–Crippen LogP) is 2.84. The molecule has 1 aromatic heterocycles. The first-order valence-corrected chi connectivity index (χ1v) is 12.7. The molecule has 1 heterocycles. The van der Waals surface area contributed by atoms with Crippen molar-refractivity contribution < 1.29 is 9.59 Å². The lowest BCUT2D eigenvalue weighted by Crippen LogP contribution is -2.43. The summed E-state index contributed by atoms with van der Waals surface area (Å²) < 4.78 is 1.25. The second kappa shape index (κ2) is 12.3. The average Bonchev–Trinajstić information content (AvgIpc) is 2.81. The number of carbonyl (C=O) groups excluding carboxylic acids is 2. The quantitative estimate of drug-likeness (QED) is 0.385. The standard InChI is InChI=1S/C26H31N5O4S/c1-17(2)13-30(22(33)16-36-15-21(32)28-20-11-7-8-18(3)12-20)23-24(27)31(26(35)29-25(23)34)14-19-9-5-4-6-10-19/h4-12,17H,13-16,27H2,1-3H3,(H,28,32)(H,29,34,35). The fourth-order valence-electron chi connectivity index (χ4n) is 3.67. The van der Waals surface area contributed by atoms with Crippen LogP contribution >= 0.6 is 11.8 Å². The fraction of sp³-hybridized carbons (Fsp3) is 0.308. The molecule has 0 saturated heterocycles. The van der Waals surface area contributed by atoms with Gasteiger partial charge in [-0.1, -0.05) is 56.3 Å². The van der Waals surface area contributed by atoms with Crippen molar-refractivity contribution in [3.8, 4) is 0 Å². The third-order valence-corrected chi connectivity index (χ3v) is 6.19. The third-order valence-electron chi connectivity index (χ3n) is 5.28. The highest BCUT2D eigenvalue weighted by Crippen LogP contribution is 2.21. The number of aromatic nitrogens is 2. The maximum atomic E-state index is 13.2. The Hall–Kier alpha value is -3.79. The van der Waals surface area contributed by atoms with Gasteiger partial charge in [0, 0.05) is 12.2 Å². The van der Waals surface area contributed by atoms with E-state index in [1.165, 1.54) is 9.47 Å². The second-order valence-corrected chi connectivity index (χ2v) is 9.86. The lowest BCUT2D eigenvalue weighted by atomic mass is 10.2. The molecule has 0 aliphatic carbocycles. The summed E-state index contributed by atoms with van der Waals surface area (Å²) in [5.41, 5.74) is 7.40. The van der Waals surface area contributed by atoms with E-state index in [4.69, 9.17) is 5.73 Å². The van der Waals surface area contributed by atoms with Crippen LogP contribution in [0.3, 0.4) is 0 Å². The van der Waals surface area contributed by atoms with Crippen LogP contribution < -0.4 is 27.2 Å². The molecular weight excluding hydrogens is 478 g/mol. The lowest BCUT2D eigenvalue weighted by molar-refractivity contribution is -0.116. The van der Waals surface area contributed by atoms with Crippen molar-refractivity contribution in [3.05, 3.63) is 86.6 Å². The Morgan fingerprint density at radius 1 is 1.08 bits per heavy atom. The molecule has 0 aliphatic rings. The van der Waals surface area contributed by atoms with Crippen LogP contribution in [0.2, 0.25) is 0 Å². The summed E-state index contributed by atoms with van der Waals surface area (Å²) in [5.74, 6) is -0.637. The van der Waals surface area contributed by atoms with E-state index in [1.807, 2.05) is 69.3 Å². The van der Waals surface area contributed by atoms with Crippen molar-refractivity contribution in [1.29, 1.82) is 0 Å². The van der Waals surface area contributed by atoms with Gasteiger partial charge in [-0.05, 0) is 36.1 Å². The van der Waals surface area contributed by atoms with Gasteiger partial charge in [0.15, 0.2) is 5.69 Å². The lowest BCUT2D eigenvalue weighted by Gasteiger charge is -2.26. The van der Waals surface area contributed by atoms with Crippen molar-refractivity contribution in [2.75, 3.05) is 34.0 Å². The number of nitrogens with two attached hydrogens (primary N) is 1. The Bertz CT molecular complexity index is 1330. The van der Waals surface area contributed by atoms with Gasteiger partial charge in [-0.15, -0.1) is 11.8 Å². The highest BCUT2D eigenvalue weighted by molar-refractivity contribution is 8.00. The summed E-state index contributed by atoms with van der Waals surface area (Å²) in [6.45, 7) is 6.13. The zero-order valence-electron chi connectivity index (χ0n) is 20.6. The van der Waals surface area contributed by atoms with Crippen LogP contribution in [0.4, 0.5) is 17.2 Å². The van der Waals surface area contributed by atoms with Gasteiger partial charge in [0.05, 0.1) is 18.1 Å². The van der Waals surface area contributed by atoms with E-state index in [0.717, 1.165) is 22.9 Å². The zero-order valence-corrected chi connectivity index (χ0v) is 21.4. The molecule has 0 aliphatic heterocycles. The molecule has 10 heteroatoms. The van der Waals surface area contributed by atoms with E-state index >= 15 is 0 Å². The minimum Gasteiger partial charge on any atom is -0.383 e. The molecular formula is C26H31N5O4S. The van der Waals surface area contributed by atoms with E-state index in [-0.39, 0.29) is 53.8 Å². The van der Waals surface area contributed by atoms with Crippen molar-refractivity contribution >= 4 is 40.8 Å². The number of thioether (sulfide) groups is 1. The molecule has 0 spiro atoms. The number of aryl methyl sites for hydroxylation is 1. The molecule has 3 aromatic rings. The first kappa shape index (κ1) is 26.8. The van der Waals surface area contributed by atoms with Crippen molar-refractivity contribution in [2.24, 2.45) is 5.92 Å². The Labute approximate surface area is 213 Å². The number of anilines is 3. The van der Waals surface area contributed by atoms with Gasteiger partial charge in [-0.25, -0.2) is 4.79 Å². The van der Waals surface area contributed by atoms with Crippen molar-refractivity contribution in [3.63, 3.8) is 0 Å². The van der Waals surface area contributed by atoms with E-state index in [0.29, 0.717) is 5.69 Å². The maximum Gasteiger partial charge on any atom is 0.330 e. The van der Waals surface area contributed by atoms with Gasteiger partial charge < -0.3 is 16.0 Å². The van der Waals surface area contributed by atoms with Crippen molar-refractivity contribution in [2.45, 2.75) is 27.3 Å². The first-order valence-electron chi connectivity index (χ1n) is 11.6. The number of nitrogen functional groups attached to an aromatic ring is 1. The maximum absolute atomic E-state index is 13.2. The summed E-state index contributed by atoms with van der Waals surface area (Å²) in [6.07, 6.45) is 0. The van der Waals surface area contributed by atoms with Gasteiger partial charge in [0.25, 0.3) is 5.56 Å². The number of carbonyl (C=O) groups is 2. The number of amides is 2. The van der Waals surface area contributed by atoms with Gasteiger partial charge in [-0.2, -0.15) is 0 Å². The van der Waals surface area contributed by atoms with Crippen LogP contribution in [0.25, 0.3) is 0 Å². The van der Waals surface area contributed by atoms with Gasteiger partial charge in [0.1, 0.15) is 5.82 Å². The number of H-pyrrole nitrogens is 1. The van der Waals surface area contributed by atoms with Gasteiger partial charge in [0.2, 0.25) is 11.8 Å². The largest absolute Gasteiger partial charge is 0.383 e. The van der Waals surface area contributed by atoms with E-state index in [2.05, 4.69) is 10.3 Å². The molecule has 9 nitrogen and oxygen atoms in total. The molecule has 3 rings (SSSR count). The van der Waals surface area contributed by atoms with Crippen LogP contribution in [0.5, 0.6) is 0 Å². The molecule has 0 unspecified atom stereocenters. The molecule has 36 heavy (non-hydrogen) atoms. The predicted molar refractivity (Wildman–Crippen MR) is 146 cm³/mol. The van der Waals surface area contributed by atoms with Crippen LogP contribution in [-0.4, -0.2) is 39.4 Å². The monoisotopic (exact) mass is 509 g/mol. The van der Waals surface area contributed by atoms with E-state index in [9.17, 15) is 19.2 Å². The second-order valence-electron chi connectivity index (χ2n) is 8.87. The smallest absolute Gasteiger partial charge is 0.330 e. The number of rotatable bonds is 10. The van der Waals surface area contributed by atoms with Gasteiger partial charge in [-0.3, -0.25) is 23.9 Å². The number of hydrogen-bond donors (Lipinski definition) is 3. The van der Waals surface area contributed by atoms with Crippen LogP contribution in [0.1, 0.15) is 25.0 Å². The summed E-state index contributed by atoms with van der Waals surface area (Å²) in [4.78, 5) is 54.4.